The second-order valence-electron chi connectivity index (χ2n) is 3.90. The first kappa shape index (κ1) is 12.9. The van der Waals surface area contributed by atoms with Gasteiger partial charge in [0.05, 0.1) is 19.9 Å². The molecule has 5 heteroatoms. The summed E-state index contributed by atoms with van der Waals surface area (Å²) in [6, 6.07) is 5.89. The molecule has 1 aromatic carbocycles. The van der Waals surface area contributed by atoms with Crippen LogP contribution < -0.4 is 15.2 Å². The van der Waals surface area contributed by atoms with E-state index in [0.29, 0.717) is 6.54 Å². The summed E-state index contributed by atoms with van der Waals surface area (Å²) >= 11 is 1.41. The molecule has 2 N–H and O–H groups in total. The predicted octanol–water partition coefficient (Wildman–Crippen LogP) is 2.59. The van der Waals surface area contributed by atoms with Gasteiger partial charge < -0.3 is 15.2 Å². The van der Waals surface area contributed by atoms with Crippen molar-refractivity contribution < 1.29 is 9.47 Å². The second-order valence-corrected chi connectivity index (χ2v) is 4.79. The number of aromatic nitrogens is 1. The third-order valence-corrected chi connectivity index (χ3v) is 3.56. The molecule has 0 atom stereocenters. The highest BCUT2D eigenvalue weighted by molar-refractivity contribution is 7.06. The number of methoxy groups -OCH3 is 2. The van der Waals surface area contributed by atoms with Gasteiger partial charge in [-0.25, -0.2) is 0 Å². The van der Waals surface area contributed by atoms with Crippen molar-refractivity contribution in [3.63, 3.8) is 0 Å². The van der Waals surface area contributed by atoms with Gasteiger partial charge in [0.2, 0.25) is 0 Å². The van der Waals surface area contributed by atoms with Crippen LogP contribution in [0.25, 0.3) is 11.3 Å². The number of ether oxygens (including phenoxy) is 2. The van der Waals surface area contributed by atoms with E-state index in [1.54, 1.807) is 14.2 Å². The molecule has 4 nitrogen and oxygen atoms in total. The molecule has 0 amide bonds. The number of aryl methyl sites for hydroxylation is 1. The van der Waals surface area contributed by atoms with E-state index in [9.17, 15) is 0 Å². The van der Waals surface area contributed by atoms with Gasteiger partial charge in [0.25, 0.3) is 0 Å². The smallest absolute Gasteiger partial charge is 0.128 e. The molecular weight excluding hydrogens is 248 g/mol. The van der Waals surface area contributed by atoms with Crippen LogP contribution in [0.3, 0.4) is 0 Å². The summed E-state index contributed by atoms with van der Waals surface area (Å²) in [4.78, 5) is 1.05. The minimum atomic E-state index is 0.503. The number of benzene rings is 1. The Hall–Kier alpha value is -1.59. The molecule has 0 aliphatic carbocycles. The topological polar surface area (TPSA) is 57.4 Å². The maximum absolute atomic E-state index is 5.61. The molecular formula is C13H16N2O2S. The molecule has 1 aromatic heterocycles. The molecule has 0 saturated heterocycles. The Morgan fingerprint density at radius 3 is 2.44 bits per heavy atom. The quantitative estimate of drug-likeness (QED) is 0.922. The monoisotopic (exact) mass is 264 g/mol. The molecule has 2 rings (SSSR count). The number of hydrogen-bond donors (Lipinski definition) is 1. The lowest BCUT2D eigenvalue weighted by Gasteiger charge is -2.11. The SMILES string of the molecule is COc1cc(-c2cc(CN)sn2)c(OC)cc1C. The molecule has 0 saturated carbocycles. The van der Waals surface area contributed by atoms with E-state index in [4.69, 9.17) is 15.2 Å². The summed E-state index contributed by atoms with van der Waals surface area (Å²) < 4.78 is 15.1. The largest absolute Gasteiger partial charge is 0.496 e. The van der Waals surface area contributed by atoms with Crippen molar-refractivity contribution in [3.8, 4) is 22.8 Å². The first-order valence-electron chi connectivity index (χ1n) is 5.58. The van der Waals surface area contributed by atoms with Crippen molar-refractivity contribution in [3.05, 3.63) is 28.6 Å². The fourth-order valence-corrected chi connectivity index (χ4v) is 2.39. The van der Waals surface area contributed by atoms with E-state index < -0.39 is 0 Å². The normalized spacial score (nSPS) is 10.4. The van der Waals surface area contributed by atoms with Crippen LogP contribution in [0.4, 0.5) is 0 Å². The average molecular weight is 264 g/mol. The van der Waals surface area contributed by atoms with Crippen molar-refractivity contribution in [1.29, 1.82) is 0 Å². The zero-order valence-electron chi connectivity index (χ0n) is 10.7. The van der Waals surface area contributed by atoms with Crippen molar-refractivity contribution in [2.24, 2.45) is 5.73 Å². The van der Waals surface area contributed by atoms with Crippen molar-refractivity contribution in [1.82, 2.24) is 4.37 Å². The van der Waals surface area contributed by atoms with Gasteiger partial charge in [-0.05, 0) is 42.2 Å². The van der Waals surface area contributed by atoms with Crippen LogP contribution in [-0.2, 0) is 6.54 Å². The Balaban J connectivity index is 2.54. The van der Waals surface area contributed by atoms with Crippen LogP contribution in [0.5, 0.6) is 11.5 Å². The van der Waals surface area contributed by atoms with Crippen molar-refractivity contribution in [2.75, 3.05) is 14.2 Å². The van der Waals surface area contributed by atoms with Gasteiger partial charge in [-0.15, -0.1) is 0 Å². The summed E-state index contributed by atoms with van der Waals surface area (Å²) in [7, 11) is 3.31. The third-order valence-electron chi connectivity index (χ3n) is 2.75. The zero-order valence-corrected chi connectivity index (χ0v) is 11.5. The lowest BCUT2D eigenvalue weighted by atomic mass is 10.1. The predicted molar refractivity (Wildman–Crippen MR) is 73.3 cm³/mol. The van der Waals surface area contributed by atoms with Gasteiger partial charge >= 0.3 is 0 Å². The number of hydrogen-bond acceptors (Lipinski definition) is 5. The van der Waals surface area contributed by atoms with Gasteiger partial charge in [0.15, 0.2) is 0 Å². The fourth-order valence-electron chi connectivity index (χ4n) is 1.79. The fraction of sp³-hybridized carbons (Fsp3) is 0.308. The van der Waals surface area contributed by atoms with Gasteiger partial charge in [-0.2, -0.15) is 4.37 Å². The molecule has 0 fully saturated rings. The van der Waals surface area contributed by atoms with E-state index in [-0.39, 0.29) is 0 Å². The third kappa shape index (κ3) is 2.32. The lowest BCUT2D eigenvalue weighted by Crippen LogP contribution is -1.94. The Labute approximate surface area is 111 Å². The van der Waals surface area contributed by atoms with Crippen molar-refractivity contribution in [2.45, 2.75) is 13.5 Å². The molecule has 0 bridgehead atoms. The zero-order chi connectivity index (χ0) is 13.1. The summed E-state index contributed by atoms with van der Waals surface area (Å²) in [6.07, 6.45) is 0. The highest BCUT2D eigenvalue weighted by atomic mass is 32.1. The minimum absolute atomic E-state index is 0.503. The van der Waals surface area contributed by atoms with E-state index in [1.165, 1.54) is 11.5 Å². The van der Waals surface area contributed by atoms with E-state index in [1.807, 2.05) is 25.1 Å². The van der Waals surface area contributed by atoms with Crippen molar-refractivity contribution >= 4 is 11.5 Å². The Morgan fingerprint density at radius 2 is 1.89 bits per heavy atom. The van der Waals surface area contributed by atoms with E-state index in [0.717, 1.165) is 33.2 Å². The average Bonchev–Trinajstić information content (AvgIpc) is 2.87. The first-order valence-corrected chi connectivity index (χ1v) is 6.35. The van der Waals surface area contributed by atoms with Gasteiger partial charge in [-0.3, -0.25) is 0 Å². The first-order chi connectivity index (χ1) is 8.69. The second kappa shape index (κ2) is 5.37. The van der Waals surface area contributed by atoms with Crippen LogP contribution >= 0.6 is 11.5 Å². The van der Waals surface area contributed by atoms with E-state index >= 15 is 0 Å². The van der Waals surface area contributed by atoms with E-state index in [2.05, 4.69) is 4.37 Å². The Kier molecular flexibility index (Phi) is 3.84. The Bertz CT molecular complexity index is 552. The maximum atomic E-state index is 5.61. The number of nitrogens with two attached hydrogens (primary N) is 1. The summed E-state index contributed by atoms with van der Waals surface area (Å²) in [6.45, 7) is 2.49. The minimum Gasteiger partial charge on any atom is -0.496 e. The van der Waals surface area contributed by atoms with Crippen LogP contribution in [0.2, 0.25) is 0 Å². The Morgan fingerprint density at radius 1 is 1.17 bits per heavy atom. The van der Waals surface area contributed by atoms with Crippen LogP contribution in [0, 0.1) is 6.92 Å². The lowest BCUT2D eigenvalue weighted by molar-refractivity contribution is 0.401. The molecule has 0 spiro atoms. The standard InChI is InChI=1S/C13H16N2O2S/c1-8-4-13(17-3)10(6-12(8)16-2)11-5-9(7-14)18-15-11/h4-6H,7,14H2,1-3H3. The van der Waals surface area contributed by atoms with Crippen LogP contribution in [-0.4, -0.2) is 18.6 Å². The maximum Gasteiger partial charge on any atom is 0.128 e. The van der Waals surface area contributed by atoms with Crippen LogP contribution in [0.15, 0.2) is 18.2 Å². The summed E-state index contributed by atoms with van der Waals surface area (Å²) in [5.74, 6) is 1.62. The molecule has 0 aliphatic rings. The number of rotatable bonds is 4. The molecule has 1 heterocycles. The van der Waals surface area contributed by atoms with Gasteiger partial charge in [0, 0.05) is 17.0 Å². The van der Waals surface area contributed by atoms with Gasteiger partial charge in [0.1, 0.15) is 11.5 Å². The summed E-state index contributed by atoms with van der Waals surface area (Å²) in [5, 5.41) is 0. The molecule has 96 valence electrons. The molecule has 18 heavy (non-hydrogen) atoms. The highest BCUT2D eigenvalue weighted by Crippen LogP contribution is 2.36. The summed E-state index contributed by atoms with van der Waals surface area (Å²) in [5.41, 5.74) is 8.44. The molecule has 0 aliphatic heterocycles. The van der Waals surface area contributed by atoms with Crippen LogP contribution in [0.1, 0.15) is 10.4 Å². The number of nitrogens with zero attached hydrogens (tertiary/aromatic N) is 1. The molecule has 0 unspecified atom stereocenters. The molecule has 0 radical (unpaired) electrons. The van der Waals surface area contributed by atoms with Gasteiger partial charge in [-0.1, -0.05) is 0 Å². The highest BCUT2D eigenvalue weighted by Gasteiger charge is 2.13. The molecule has 2 aromatic rings.